The molecular formula is C16H23N5NiO2S4+4. The first kappa shape index (κ1) is 26.9. The zero-order chi connectivity index (χ0) is 20.1. The minimum atomic E-state index is -0.954. The molecule has 1 aromatic rings. The summed E-state index contributed by atoms with van der Waals surface area (Å²) in [7, 11) is 0. The summed E-state index contributed by atoms with van der Waals surface area (Å²) < 4.78 is 0.682. The first-order valence-electron chi connectivity index (χ1n) is 7.81. The molecule has 154 valence electrons. The van der Waals surface area contributed by atoms with Crippen molar-refractivity contribution < 1.29 is 31.5 Å². The third-order valence-corrected chi connectivity index (χ3v) is 5.18. The van der Waals surface area contributed by atoms with Crippen LogP contribution < -0.4 is 15.8 Å². The summed E-state index contributed by atoms with van der Waals surface area (Å²) in [5.41, 5.74) is 4.09. The van der Waals surface area contributed by atoms with Gasteiger partial charge in [-0.15, -0.1) is 0 Å². The van der Waals surface area contributed by atoms with Crippen molar-refractivity contribution in [1.82, 2.24) is 10.7 Å². The van der Waals surface area contributed by atoms with Crippen LogP contribution in [0.5, 0.6) is 0 Å². The van der Waals surface area contributed by atoms with Crippen molar-refractivity contribution in [3.63, 3.8) is 0 Å². The second-order valence-electron chi connectivity index (χ2n) is 5.02. The minimum Gasteiger partial charge on any atom is -0.480 e. The fourth-order valence-corrected chi connectivity index (χ4v) is 2.65. The number of aliphatic carboxylic acids is 1. The average molecular weight is 504 g/mol. The molecule has 0 saturated carbocycles. The van der Waals surface area contributed by atoms with Gasteiger partial charge in [-0.05, 0) is 36.9 Å². The molecule has 12 heteroatoms. The summed E-state index contributed by atoms with van der Waals surface area (Å²) in [5.74, 6) is -0.241. The third-order valence-electron chi connectivity index (χ3n) is 3.12. The summed E-state index contributed by atoms with van der Waals surface area (Å²) in [5, 5.41) is 23.3. The Labute approximate surface area is 194 Å². The fourth-order valence-electron chi connectivity index (χ4n) is 1.78. The Morgan fingerprint density at radius 3 is 2.64 bits per heavy atom. The van der Waals surface area contributed by atoms with E-state index >= 15 is 0 Å². The quantitative estimate of drug-likeness (QED) is 0.0928. The van der Waals surface area contributed by atoms with Crippen LogP contribution in [-0.4, -0.2) is 56.8 Å². The number of thiocarbonyl (C=S) groups is 1. The average Bonchev–Trinajstić information content (AvgIpc) is 2.67. The number of hydrogen-bond acceptors (Lipinski definition) is 6. The van der Waals surface area contributed by atoms with Gasteiger partial charge in [0, 0.05) is 18.2 Å². The molecule has 0 aromatic heterocycles. The summed E-state index contributed by atoms with van der Waals surface area (Å²) in [6, 6.07) is 8.69. The number of hydrogen-bond donors (Lipinski definition) is 4. The number of carboxylic acids is 1. The molecule has 0 aliphatic heterocycles. The zero-order valence-electron chi connectivity index (χ0n) is 15.2. The van der Waals surface area contributed by atoms with Gasteiger partial charge in [-0.25, -0.2) is 4.79 Å². The fraction of sp³-hybridized carbons (Fsp3) is 0.312. The van der Waals surface area contributed by atoms with Gasteiger partial charge in [-0.3, -0.25) is 5.43 Å². The number of benzene rings is 1. The zero-order valence-corrected chi connectivity index (χ0v) is 19.7. The van der Waals surface area contributed by atoms with E-state index in [0.717, 1.165) is 5.56 Å². The number of hydrazone groups is 2. The maximum Gasteiger partial charge on any atom is 2.00 e. The van der Waals surface area contributed by atoms with E-state index in [2.05, 4.69) is 38.7 Å². The molecule has 0 radical (unpaired) electrons. The first-order chi connectivity index (χ1) is 13.0. The van der Waals surface area contributed by atoms with Gasteiger partial charge in [0.2, 0.25) is 6.21 Å². The van der Waals surface area contributed by atoms with Crippen molar-refractivity contribution in [2.75, 3.05) is 18.3 Å². The summed E-state index contributed by atoms with van der Waals surface area (Å²) in [6.45, 7) is 0. The Morgan fingerprint density at radius 1 is 1.39 bits per heavy atom. The Hall–Kier alpha value is -1.07. The van der Waals surface area contributed by atoms with Gasteiger partial charge < -0.3 is 10.4 Å². The molecule has 0 heterocycles. The molecule has 7 nitrogen and oxygen atoms in total. The first-order valence-corrected chi connectivity index (χ1v) is 11.3. The van der Waals surface area contributed by atoms with Crippen molar-refractivity contribution in [1.29, 1.82) is 0 Å². The molecule has 1 rings (SSSR count). The van der Waals surface area contributed by atoms with E-state index in [9.17, 15) is 9.90 Å². The van der Waals surface area contributed by atoms with Crippen LogP contribution in [0.25, 0.3) is 0 Å². The van der Waals surface area contributed by atoms with E-state index in [0.29, 0.717) is 22.3 Å². The van der Waals surface area contributed by atoms with Crippen LogP contribution in [0.15, 0.2) is 40.5 Å². The number of thioether (sulfide) groups is 2. The van der Waals surface area contributed by atoms with E-state index in [1.807, 2.05) is 42.8 Å². The molecule has 28 heavy (non-hydrogen) atoms. The Bertz CT molecular complexity index is 716. The van der Waals surface area contributed by atoms with E-state index in [4.69, 9.17) is 12.2 Å². The second-order valence-corrected chi connectivity index (χ2v) is 8.04. The molecule has 0 aliphatic carbocycles. The molecule has 1 aromatic carbocycles. The van der Waals surface area contributed by atoms with Gasteiger partial charge in [0.05, 0.1) is 5.10 Å². The molecule has 0 aliphatic rings. The van der Waals surface area contributed by atoms with Crippen molar-refractivity contribution in [3.05, 3.63) is 35.9 Å². The molecular weight excluding hydrogens is 481 g/mol. The second kappa shape index (κ2) is 15.8. The molecule has 0 saturated heterocycles. The topological polar surface area (TPSA) is 100 Å². The van der Waals surface area contributed by atoms with Crippen LogP contribution >= 0.6 is 35.7 Å². The molecule has 1 atom stereocenters. The maximum atomic E-state index is 11.3. The molecule has 0 amide bonds. The van der Waals surface area contributed by atoms with Crippen LogP contribution in [0.3, 0.4) is 0 Å². The summed E-state index contributed by atoms with van der Waals surface area (Å²) >= 11 is 11.5. The van der Waals surface area contributed by atoms with Crippen LogP contribution in [-0.2, 0) is 33.9 Å². The smallest absolute Gasteiger partial charge is 0.480 e. The Balaban J connectivity index is 0.00000729. The van der Waals surface area contributed by atoms with Crippen molar-refractivity contribution in [3.8, 4) is 0 Å². The van der Waals surface area contributed by atoms with E-state index in [-0.39, 0.29) is 21.6 Å². The van der Waals surface area contributed by atoms with E-state index in [1.54, 1.807) is 18.0 Å². The standard InChI is InChI=1S/C16H21N5O2S4.Ni/c1-26-9-8-12(14(22)23)18-15(24)20-19-13(10-17-21-16(25)27-2)11-6-4-3-5-7-11;/h3-7,10,12H,8-9H2,1-2H3,(H,21,25)(H,22,23)(H2,18,20,24);/q;+2/p+2/b17-10+,19-13-;. The SMILES string of the molecule is CSCCC(NC(=S)N/N=C(/C=[NH+]/N=C(\[SH2+])SC)c1ccccc1)C(=O)O.[Ni+2]. The number of rotatable bonds is 9. The van der Waals surface area contributed by atoms with Gasteiger partial charge in [0.15, 0.2) is 10.8 Å². The van der Waals surface area contributed by atoms with E-state index < -0.39 is 12.0 Å². The van der Waals surface area contributed by atoms with Crippen LogP contribution in [0.4, 0.5) is 0 Å². The third kappa shape index (κ3) is 11.1. The van der Waals surface area contributed by atoms with Crippen LogP contribution in [0.2, 0.25) is 0 Å². The van der Waals surface area contributed by atoms with Crippen molar-refractivity contribution in [2.45, 2.75) is 12.5 Å². The van der Waals surface area contributed by atoms with Crippen LogP contribution in [0.1, 0.15) is 12.0 Å². The minimum absolute atomic E-state index is 0. The normalized spacial score (nSPS) is 13.0. The number of carbonyl (C=O) groups is 1. The predicted molar refractivity (Wildman–Crippen MR) is 124 cm³/mol. The van der Waals surface area contributed by atoms with Gasteiger partial charge >= 0.3 is 26.8 Å². The van der Waals surface area contributed by atoms with Crippen LogP contribution in [0, 0.1) is 0 Å². The molecule has 0 fully saturated rings. The predicted octanol–water partition coefficient (Wildman–Crippen LogP) is -0.144. The van der Waals surface area contributed by atoms with Crippen molar-refractivity contribution >= 4 is 75.8 Å². The molecule has 4 N–H and O–H groups in total. The number of carboxylic acid groups (broad SMARTS) is 1. The Kier molecular flexibility index (Phi) is 15.2. The molecule has 0 spiro atoms. The molecule has 1 unspecified atom stereocenters. The van der Waals surface area contributed by atoms with Gasteiger partial charge in [0.25, 0.3) is 0 Å². The van der Waals surface area contributed by atoms with Gasteiger partial charge in [-0.2, -0.15) is 16.9 Å². The van der Waals surface area contributed by atoms with Crippen molar-refractivity contribution in [2.24, 2.45) is 10.2 Å². The van der Waals surface area contributed by atoms with Gasteiger partial charge in [0.1, 0.15) is 6.04 Å². The van der Waals surface area contributed by atoms with E-state index in [1.165, 1.54) is 11.8 Å². The summed E-state index contributed by atoms with van der Waals surface area (Å²) in [6.07, 6.45) is 5.88. The number of nitrogens with one attached hydrogen (secondary N) is 3. The van der Waals surface area contributed by atoms with Gasteiger partial charge in [-0.1, -0.05) is 47.2 Å². The summed E-state index contributed by atoms with van der Waals surface area (Å²) in [4.78, 5) is 11.3. The maximum absolute atomic E-state index is 11.3. The Morgan fingerprint density at radius 2 is 2.07 bits per heavy atom. The number of nitrogens with zero attached hydrogens (tertiary/aromatic N) is 2. The molecule has 0 bridgehead atoms. The largest absolute Gasteiger partial charge is 2.00 e. The monoisotopic (exact) mass is 503 g/mol.